The van der Waals surface area contributed by atoms with E-state index < -0.39 is 24.8 Å². The van der Waals surface area contributed by atoms with Gasteiger partial charge in [-0.2, -0.15) is 0 Å². The van der Waals surface area contributed by atoms with Gasteiger partial charge in [-0.15, -0.1) is 11.8 Å². The van der Waals surface area contributed by atoms with Crippen molar-refractivity contribution in [2.24, 2.45) is 0 Å². The average Bonchev–Trinajstić information content (AvgIpc) is 2.59. The number of rotatable bonds is 13. The van der Waals surface area contributed by atoms with E-state index in [1.54, 1.807) is 18.4 Å². The van der Waals surface area contributed by atoms with Crippen molar-refractivity contribution >= 4 is 23.7 Å². The maximum atomic E-state index is 11.4. The Balaban J connectivity index is 3.76. The Morgan fingerprint density at radius 1 is 1.04 bits per heavy atom. The van der Waals surface area contributed by atoms with E-state index in [0.717, 1.165) is 19.3 Å². The molecule has 0 amide bonds. The molecule has 0 aliphatic carbocycles. The van der Waals surface area contributed by atoms with E-state index in [-0.39, 0.29) is 0 Å². The molecule has 0 aliphatic rings. The van der Waals surface area contributed by atoms with Crippen LogP contribution in [0.2, 0.25) is 0 Å². The third kappa shape index (κ3) is 16.8. The number of unbranched alkanes of at least 4 members (excludes halogenated alkanes) is 4. The molecule has 0 radical (unpaired) electrons. The fraction of sp³-hybridized carbons (Fsp3) is 0.474. The van der Waals surface area contributed by atoms with Crippen molar-refractivity contribution in [1.29, 1.82) is 0 Å². The van der Waals surface area contributed by atoms with Gasteiger partial charge in [0.05, 0.1) is 0 Å². The first-order valence-electron chi connectivity index (χ1n) is 8.29. The van der Waals surface area contributed by atoms with E-state index >= 15 is 0 Å². The lowest BCUT2D eigenvalue weighted by Crippen LogP contribution is -2.23. The molecular weight excluding hydrogens is 340 g/mol. The number of esters is 2. The van der Waals surface area contributed by atoms with Crippen LogP contribution in [0.4, 0.5) is 0 Å². The largest absolute Gasteiger partial charge is 0.456 e. The second-order valence-electron chi connectivity index (χ2n) is 5.05. The molecule has 0 bridgehead atoms. The minimum atomic E-state index is -1.48. The third-order valence-corrected chi connectivity index (χ3v) is 3.33. The number of thioether (sulfide) groups is 1. The first kappa shape index (κ1) is 23.2. The van der Waals surface area contributed by atoms with Crippen molar-refractivity contribution in [3.05, 3.63) is 47.9 Å². The number of aliphatic hydroxyl groups is 1. The number of hydrogen-bond donors (Lipinski definition) is 1. The molecule has 0 aromatic heterocycles. The SMILES string of the molecule is C/C=C/CCCCC/C=C/C=C\C(=O)OC[C@@H](O)OC(=O)/C=C/SC. The van der Waals surface area contributed by atoms with E-state index in [1.165, 1.54) is 42.2 Å². The summed E-state index contributed by atoms with van der Waals surface area (Å²) in [5, 5.41) is 10.9. The summed E-state index contributed by atoms with van der Waals surface area (Å²) < 4.78 is 9.37. The predicted octanol–water partition coefficient (Wildman–Crippen LogP) is 3.91. The van der Waals surface area contributed by atoms with Gasteiger partial charge in [0.25, 0.3) is 0 Å². The minimum Gasteiger partial charge on any atom is -0.456 e. The summed E-state index contributed by atoms with van der Waals surface area (Å²) in [6.07, 6.45) is 17.9. The zero-order valence-corrected chi connectivity index (χ0v) is 15.7. The van der Waals surface area contributed by atoms with Crippen LogP contribution in [0.3, 0.4) is 0 Å². The fourth-order valence-corrected chi connectivity index (χ4v) is 1.96. The van der Waals surface area contributed by atoms with Gasteiger partial charge < -0.3 is 14.6 Å². The summed E-state index contributed by atoms with van der Waals surface area (Å²) >= 11 is 1.33. The van der Waals surface area contributed by atoms with Crippen molar-refractivity contribution in [1.82, 2.24) is 0 Å². The van der Waals surface area contributed by atoms with Crippen LogP contribution in [-0.2, 0) is 19.1 Å². The Bertz CT molecular complexity index is 480. The first-order chi connectivity index (χ1) is 12.1. The van der Waals surface area contributed by atoms with E-state index in [1.807, 2.05) is 13.0 Å². The molecule has 1 atom stereocenters. The van der Waals surface area contributed by atoms with Crippen LogP contribution in [-0.4, -0.2) is 36.2 Å². The quantitative estimate of drug-likeness (QED) is 0.133. The molecule has 0 rings (SSSR count). The van der Waals surface area contributed by atoms with E-state index in [9.17, 15) is 14.7 Å². The molecule has 0 unspecified atom stereocenters. The lowest BCUT2D eigenvalue weighted by Gasteiger charge is -2.09. The number of ether oxygens (including phenoxy) is 2. The number of hydrogen-bond acceptors (Lipinski definition) is 6. The van der Waals surface area contributed by atoms with Crippen molar-refractivity contribution in [2.75, 3.05) is 12.9 Å². The zero-order valence-electron chi connectivity index (χ0n) is 14.9. The molecule has 0 spiro atoms. The highest BCUT2D eigenvalue weighted by atomic mass is 32.2. The van der Waals surface area contributed by atoms with Crippen molar-refractivity contribution in [2.45, 2.75) is 45.3 Å². The third-order valence-electron chi connectivity index (χ3n) is 2.92. The maximum Gasteiger partial charge on any atom is 0.333 e. The van der Waals surface area contributed by atoms with Gasteiger partial charge in [-0.1, -0.05) is 36.8 Å². The van der Waals surface area contributed by atoms with E-state index in [4.69, 9.17) is 4.74 Å². The topological polar surface area (TPSA) is 72.8 Å². The second-order valence-corrected chi connectivity index (χ2v) is 5.80. The van der Waals surface area contributed by atoms with Gasteiger partial charge in [-0.25, -0.2) is 9.59 Å². The molecule has 25 heavy (non-hydrogen) atoms. The number of aliphatic hydroxyl groups excluding tert-OH is 1. The normalized spacial score (nSPS) is 13.2. The van der Waals surface area contributed by atoms with Gasteiger partial charge >= 0.3 is 11.9 Å². The molecule has 140 valence electrons. The predicted molar refractivity (Wildman–Crippen MR) is 102 cm³/mol. The highest BCUT2D eigenvalue weighted by Crippen LogP contribution is 2.04. The number of carbonyl (C=O) groups excluding carboxylic acids is 2. The maximum absolute atomic E-state index is 11.4. The summed E-state index contributed by atoms with van der Waals surface area (Å²) in [6, 6.07) is 0. The van der Waals surface area contributed by atoms with Crippen LogP contribution in [0, 0.1) is 0 Å². The van der Waals surface area contributed by atoms with E-state index in [0.29, 0.717) is 0 Å². The van der Waals surface area contributed by atoms with Gasteiger partial charge in [0.2, 0.25) is 6.29 Å². The lowest BCUT2D eigenvalue weighted by molar-refractivity contribution is -0.175. The Morgan fingerprint density at radius 3 is 2.44 bits per heavy atom. The molecule has 0 fully saturated rings. The van der Waals surface area contributed by atoms with Gasteiger partial charge in [0.1, 0.15) is 0 Å². The van der Waals surface area contributed by atoms with Crippen LogP contribution in [0.15, 0.2) is 47.9 Å². The van der Waals surface area contributed by atoms with Crippen LogP contribution in [0.1, 0.15) is 39.0 Å². The molecule has 1 N–H and O–H groups in total. The summed E-state index contributed by atoms with van der Waals surface area (Å²) in [5.74, 6) is -1.30. The summed E-state index contributed by atoms with van der Waals surface area (Å²) in [4.78, 5) is 22.6. The van der Waals surface area contributed by atoms with Crippen LogP contribution < -0.4 is 0 Å². The lowest BCUT2D eigenvalue weighted by atomic mass is 10.1. The van der Waals surface area contributed by atoms with Gasteiger partial charge in [-0.05, 0) is 44.3 Å². The standard InChI is InChI=1S/C19H28O5S/c1-3-4-5-6-7-8-9-10-11-12-13-17(20)23-16-19(22)24-18(21)14-15-25-2/h3-4,10-15,19,22H,5-9,16H2,1-2H3/b4-3+,11-10+,13-12-,15-14+/t19-/m0/s1. The Morgan fingerprint density at radius 2 is 1.76 bits per heavy atom. The zero-order chi connectivity index (χ0) is 18.8. The Labute approximate surface area is 154 Å². The Kier molecular flexibility index (Phi) is 15.8. The number of allylic oxidation sites excluding steroid dienone is 5. The minimum absolute atomic E-state index is 0.405. The van der Waals surface area contributed by atoms with Crippen LogP contribution in [0.25, 0.3) is 0 Å². The first-order valence-corrected chi connectivity index (χ1v) is 9.58. The molecule has 0 heterocycles. The molecule has 0 saturated heterocycles. The molecule has 6 heteroatoms. The molecule has 5 nitrogen and oxygen atoms in total. The van der Waals surface area contributed by atoms with Crippen LogP contribution >= 0.6 is 11.8 Å². The second kappa shape index (κ2) is 17.0. The van der Waals surface area contributed by atoms with Gasteiger partial charge in [0.15, 0.2) is 6.61 Å². The monoisotopic (exact) mass is 368 g/mol. The molecule has 0 aliphatic heterocycles. The fourth-order valence-electron chi connectivity index (χ4n) is 1.71. The van der Waals surface area contributed by atoms with Gasteiger partial charge in [-0.3, -0.25) is 0 Å². The van der Waals surface area contributed by atoms with Gasteiger partial charge in [0, 0.05) is 12.2 Å². The molecular formula is C19H28O5S. The highest BCUT2D eigenvalue weighted by Gasteiger charge is 2.10. The van der Waals surface area contributed by atoms with Crippen LogP contribution in [0.5, 0.6) is 0 Å². The van der Waals surface area contributed by atoms with Crippen molar-refractivity contribution in [3.8, 4) is 0 Å². The Hall–Kier alpha value is -1.79. The molecule has 0 aromatic rings. The summed E-state index contributed by atoms with van der Waals surface area (Å²) in [6.45, 7) is 1.62. The summed E-state index contributed by atoms with van der Waals surface area (Å²) in [5.41, 5.74) is 0. The molecule has 0 aromatic carbocycles. The average molecular weight is 368 g/mol. The smallest absolute Gasteiger partial charge is 0.333 e. The van der Waals surface area contributed by atoms with E-state index in [2.05, 4.69) is 16.9 Å². The van der Waals surface area contributed by atoms with Crippen molar-refractivity contribution in [3.63, 3.8) is 0 Å². The number of carbonyl (C=O) groups is 2. The van der Waals surface area contributed by atoms with Crippen molar-refractivity contribution < 1.29 is 24.2 Å². The molecule has 0 saturated carbocycles. The summed E-state index contributed by atoms with van der Waals surface area (Å²) in [7, 11) is 0. The highest BCUT2D eigenvalue weighted by molar-refractivity contribution is 8.01.